The molecule has 112 valence electrons. The van der Waals surface area contributed by atoms with Crippen molar-refractivity contribution in [2.75, 3.05) is 11.9 Å². The highest BCUT2D eigenvalue weighted by atomic mass is 16.2. The van der Waals surface area contributed by atoms with Gasteiger partial charge in [0, 0.05) is 18.7 Å². The average molecular weight is 294 g/mol. The molecule has 0 unspecified atom stereocenters. The number of hydrogen-bond acceptors (Lipinski definition) is 2. The van der Waals surface area contributed by atoms with Gasteiger partial charge in [0.05, 0.1) is 0 Å². The van der Waals surface area contributed by atoms with E-state index < -0.39 is 6.04 Å². The lowest BCUT2D eigenvalue weighted by molar-refractivity contribution is -0.147. The van der Waals surface area contributed by atoms with Crippen molar-refractivity contribution in [2.24, 2.45) is 0 Å². The molecule has 0 saturated carbocycles. The Kier molecular flexibility index (Phi) is 3.92. The number of benzene rings is 2. The summed E-state index contributed by atoms with van der Waals surface area (Å²) in [6, 6.07) is 16.5. The SMILES string of the molecule is Cc1cccc(NC(=O)[C@H](c2ccccc2)N2CCC2=O)c1. The van der Waals surface area contributed by atoms with E-state index in [2.05, 4.69) is 5.32 Å². The fraction of sp³-hybridized carbons (Fsp3) is 0.222. The Morgan fingerprint density at radius 2 is 1.91 bits per heavy atom. The number of anilines is 1. The molecule has 1 atom stereocenters. The standard InChI is InChI=1S/C18H18N2O2/c1-13-6-5-9-15(12-13)19-18(22)17(20-11-10-16(20)21)14-7-3-2-4-8-14/h2-9,12,17H,10-11H2,1H3,(H,19,22)/t17-/m0/s1. The topological polar surface area (TPSA) is 49.4 Å². The first-order valence-corrected chi connectivity index (χ1v) is 7.37. The van der Waals surface area contributed by atoms with Crippen molar-refractivity contribution in [3.8, 4) is 0 Å². The second-order valence-electron chi connectivity index (χ2n) is 5.51. The lowest BCUT2D eigenvalue weighted by Gasteiger charge is -2.37. The van der Waals surface area contributed by atoms with Gasteiger partial charge in [0.1, 0.15) is 6.04 Å². The molecule has 0 aliphatic carbocycles. The van der Waals surface area contributed by atoms with Crippen LogP contribution in [-0.2, 0) is 9.59 Å². The van der Waals surface area contributed by atoms with Gasteiger partial charge in [-0.05, 0) is 30.2 Å². The first-order valence-electron chi connectivity index (χ1n) is 7.37. The molecule has 0 aromatic heterocycles. The molecule has 4 heteroatoms. The predicted molar refractivity (Wildman–Crippen MR) is 85.3 cm³/mol. The number of nitrogens with one attached hydrogen (secondary N) is 1. The molecule has 1 N–H and O–H groups in total. The molecule has 2 aromatic carbocycles. The number of carbonyl (C=O) groups excluding carboxylic acids is 2. The molecule has 4 nitrogen and oxygen atoms in total. The molecule has 1 saturated heterocycles. The third kappa shape index (κ3) is 2.86. The van der Waals surface area contributed by atoms with E-state index in [9.17, 15) is 9.59 Å². The van der Waals surface area contributed by atoms with Crippen LogP contribution in [0.2, 0.25) is 0 Å². The Labute approximate surface area is 129 Å². The molecule has 1 aliphatic heterocycles. The van der Waals surface area contributed by atoms with E-state index >= 15 is 0 Å². The maximum atomic E-state index is 12.7. The number of hydrogen-bond donors (Lipinski definition) is 1. The van der Waals surface area contributed by atoms with Gasteiger partial charge in [0.2, 0.25) is 5.91 Å². The molecule has 2 amide bonds. The maximum absolute atomic E-state index is 12.7. The molecular formula is C18H18N2O2. The number of nitrogens with zero attached hydrogens (tertiary/aromatic N) is 1. The van der Waals surface area contributed by atoms with Crippen LogP contribution in [0.25, 0.3) is 0 Å². The molecule has 0 radical (unpaired) electrons. The molecule has 2 aromatic rings. The minimum Gasteiger partial charge on any atom is -0.326 e. The van der Waals surface area contributed by atoms with Crippen molar-refractivity contribution in [3.05, 3.63) is 65.7 Å². The average Bonchev–Trinajstić information content (AvgIpc) is 2.51. The minimum atomic E-state index is -0.567. The quantitative estimate of drug-likeness (QED) is 0.881. The number of aryl methyl sites for hydroxylation is 1. The van der Waals surface area contributed by atoms with E-state index in [4.69, 9.17) is 0 Å². The lowest BCUT2D eigenvalue weighted by atomic mass is 10.00. The lowest BCUT2D eigenvalue weighted by Crippen LogP contribution is -2.49. The summed E-state index contributed by atoms with van der Waals surface area (Å²) in [6.07, 6.45) is 0.515. The molecule has 0 bridgehead atoms. The summed E-state index contributed by atoms with van der Waals surface area (Å²) in [5.74, 6) is -0.155. The van der Waals surface area contributed by atoms with Crippen LogP contribution in [-0.4, -0.2) is 23.3 Å². The Morgan fingerprint density at radius 1 is 1.14 bits per heavy atom. The summed E-state index contributed by atoms with van der Waals surface area (Å²) in [7, 11) is 0. The fourth-order valence-electron chi connectivity index (χ4n) is 2.65. The number of likely N-dealkylation sites (tertiary alicyclic amines) is 1. The van der Waals surface area contributed by atoms with Crippen LogP contribution in [0, 0.1) is 6.92 Å². The van der Waals surface area contributed by atoms with Gasteiger partial charge in [0.15, 0.2) is 0 Å². The van der Waals surface area contributed by atoms with Gasteiger partial charge >= 0.3 is 0 Å². The summed E-state index contributed by atoms with van der Waals surface area (Å²) in [4.78, 5) is 26.1. The first kappa shape index (κ1) is 14.3. The molecule has 1 heterocycles. The summed E-state index contributed by atoms with van der Waals surface area (Å²) in [6.45, 7) is 2.60. The number of rotatable bonds is 4. The summed E-state index contributed by atoms with van der Waals surface area (Å²) < 4.78 is 0. The highest BCUT2D eigenvalue weighted by molar-refractivity contribution is 5.99. The summed E-state index contributed by atoms with van der Waals surface area (Å²) in [5.41, 5.74) is 2.66. The van der Waals surface area contributed by atoms with Crippen LogP contribution < -0.4 is 5.32 Å². The van der Waals surface area contributed by atoms with Gasteiger partial charge in [-0.15, -0.1) is 0 Å². The van der Waals surface area contributed by atoms with Crippen molar-refractivity contribution in [3.63, 3.8) is 0 Å². The van der Waals surface area contributed by atoms with E-state index in [0.29, 0.717) is 13.0 Å². The third-order valence-electron chi connectivity index (χ3n) is 3.85. The number of β-lactam (4-membered cyclic amide) rings is 1. The van der Waals surface area contributed by atoms with Crippen molar-refractivity contribution < 1.29 is 9.59 Å². The normalized spacial score (nSPS) is 15.1. The monoisotopic (exact) mass is 294 g/mol. The van der Waals surface area contributed by atoms with Crippen LogP contribution in [0.4, 0.5) is 5.69 Å². The third-order valence-corrected chi connectivity index (χ3v) is 3.85. The van der Waals surface area contributed by atoms with Gasteiger partial charge in [-0.1, -0.05) is 42.5 Å². The zero-order chi connectivity index (χ0) is 15.5. The Morgan fingerprint density at radius 3 is 2.50 bits per heavy atom. The molecule has 3 rings (SSSR count). The van der Waals surface area contributed by atoms with Crippen molar-refractivity contribution in [1.82, 2.24) is 4.90 Å². The smallest absolute Gasteiger partial charge is 0.251 e. The van der Waals surface area contributed by atoms with Crippen LogP contribution in [0.3, 0.4) is 0 Å². The Hall–Kier alpha value is -2.62. The fourth-order valence-corrected chi connectivity index (χ4v) is 2.65. The van der Waals surface area contributed by atoms with Gasteiger partial charge in [-0.3, -0.25) is 9.59 Å². The molecule has 1 fully saturated rings. The van der Waals surface area contributed by atoms with Crippen LogP contribution in [0.15, 0.2) is 54.6 Å². The molecule has 0 spiro atoms. The largest absolute Gasteiger partial charge is 0.326 e. The zero-order valence-electron chi connectivity index (χ0n) is 12.5. The molecular weight excluding hydrogens is 276 g/mol. The van der Waals surface area contributed by atoms with Gasteiger partial charge < -0.3 is 10.2 Å². The highest BCUT2D eigenvalue weighted by Gasteiger charge is 2.36. The number of carbonyl (C=O) groups is 2. The van der Waals surface area contributed by atoms with Crippen molar-refractivity contribution in [2.45, 2.75) is 19.4 Å². The zero-order valence-corrected chi connectivity index (χ0v) is 12.5. The minimum absolute atomic E-state index is 0.0215. The summed E-state index contributed by atoms with van der Waals surface area (Å²) in [5, 5.41) is 2.92. The summed E-state index contributed by atoms with van der Waals surface area (Å²) >= 11 is 0. The molecule has 1 aliphatic rings. The maximum Gasteiger partial charge on any atom is 0.251 e. The second-order valence-corrected chi connectivity index (χ2v) is 5.51. The first-order chi connectivity index (χ1) is 10.6. The highest BCUT2D eigenvalue weighted by Crippen LogP contribution is 2.28. The van der Waals surface area contributed by atoms with E-state index in [0.717, 1.165) is 16.8 Å². The van der Waals surface area contributed by atoms with Crippen LogP contribution >= 0.6 is 0 Å². The predicted octanol–water partition coefficient (Wildman–Crippen LogP) is 2.91. The van der Waals surface area contributed by atoms with Crippen molar-refractivity contribution in [1.29, 1.82) is 0 Å². The van der Waals surface area contributed by atoms with E-state index in [-0.39, 0.29) is 11.8 Å². The van der Waals surface area contributed by atoms with E-state index in [1.165, 1.54) is 0 Å². The van der Waals surface area contributed by atoms with Gasteiger partial charge in [0.25, 0.3) is 5.91 Å². The van der Waals surface area contributed by atoms with E-state index in [1.54, 1.807) is 4.90 Å². The Balaban J connectivity index is 1.85. The second kappa shape index (κ2) is 6.02. The van der Waals surface area contributed by atoms with Gasteiger partial charge in [-0.2, -0.15) is 0 Å². The van der Waals surface area contributed by atoms with Crippen molar-refractivity contribution >= 4 is 17.5 Å². The van der Waals surface area contributed by atoms with Gasteiger partial charge in [-0.25, -0.2) is 0 Å². The van der Waals surface area contributed by atoms with Crippen LogP contribution in [0.1, 0.15) is 23.6 Å². The van der Waals surface area contributed by atoms with E-state index in [1.807, 2.05) is 61.5 Å². The Bertz CT molecular complexity index is 697. The number of amides is 2. The molecule has 22 heavy (non-hydrogen) atoms. The van der Waals surface area contributed by atoms with Crippen LogP contribution in [0.5, 0.6) is 0 Å².